The van der Waals surface area contributed by atoms with Gasteiger partial charge in [0.1, 0.15) is 5.82 Å². The van der Waals surface area contributed by atoms with Gasteiger partial charge in [0.2, 0.25) is 0 Å². The monoisotopic (exact) mass is 365 g/mol. The van der Waals surface area contributed by atoms with Gasteiger partial charge in [0.25, 0.3) is 0 Å². The standard InChI is InChI=1S/C18H20FN3O2.ClH/c1-11-5-12(2)22(20-11)17-4-3-15(19)6-13(17)7-21-8-14-10-24-18(23)16(14)9-21;/h3-6,14,16H,7-10H2,1-2H3;1H/t14-,16-;/m1./s1. The van der Waals surface area contributed by atoms with Crippen LogP contribution >= 0.6 is 12.4 Å². The number of ether oxygens (including phenoxy) is 1. The molecule has 2 saturated heterocycles. The van der Waals surface area contributed by atoms with Crippen molar-refractivity contribution in [3.63, 3.8) is 0 Å². The van der Waals surface area contributed by atoms with Crippen molar-refractivity contribution in [2.24, 2.45) is 11.8 Å². The second-order valence-corrected chi connectivity index (χ2v) is 6.80. The molecule has 0 bridgehead atoms. The highest BCUT2D eigenvalue weighted by molar-refractivity contribution is 5.85. The Morgan fingerprint density at radius 2 is 2.08 bits per heavy atom. The third-order valence-electron chi connectivity index (χ3n) is 4.93. The van der Waals surface area contributed by atoms with Crippen molar-refractivity contribution in [2.45, 2.75) is 20.4 Å². The van der Waals surface area contributed by atoms with Crippen LogP contribution < -0.4 is 0 Å². The van der Waals surface area contributed by atoms with Gasteiger partial charge in [-0.05, 0) is 43.7 Å². The smallest absolute Gasteiger partial charge is 0.310 e. The minimum Gasteiger partial charge on any atom is -0.465 e. The predicted molar refractivity (Wildman–Crippen MR) is 93.5 cm³/mol. The summed E-state index contributed by atoms with van der Waals surface area (Å²) >= 11 is 0. The minimum atomic E-state index is -0.255. The van der Waals surface area contributed by atoms with Crippen molar-refractivity contribution < 1.29 is 13.9 Å². The van der Waals surface area contributed by atoms with Crippen LogP contribution in [0.3, 0.4) is 0 Å². The molecule has 7 heteroatoms. The molecule has 0 saturated carbocycles. The van der Waals surface area contributed by atoms with Crippen molar-refractivity contribution in [3.05, 3.63) is 47.0 Å². The zero-order chi connectivity index (χ0) is 16.8. The van der Waals surface area contributed by atoms with Crippen LogP contribution in [0.25, 0.3) is 5.69 Å². The Kier molecular flexibility index (Phi) is 4.84. The van der Waals surface area contributed by atoms with Crippen molar-refractivity contribution >= 4 is 18.4 Å². The number of hydrogen-bond acceptors (Lipinski definition) is 4. The molecule has 134 valence electrons. The number of halogens is 2. The van der Waals surface area contributed by atoms with Gasteiger partial charge in [-0.2, -0.15) is 5.10 Å². The molecule has 0 radical (unpaired) electrons. The number of carbonyl (C=O) groups is 1. The lowest BCUT2D eigenvalue weighted by atomic mass is 10.0. The summed E-state index contributed by atoms with van der Waals surface area (Å²) in [4.78, 5) is 13.9. The number of hydrogen-bond donors (Lipinski definition) is 0. The molecule has 0 spiro atoms. The van der Waals surface area contributed by atoms with Crippen LogP contribution in [-0.4, -0.2) is 40.3 Å². The Morgan fingerprint density at radius 3 is 2.76 bits per heavy atom. The van der Waals surface area contributed by atoms with E-state index in [1.807, 2.05) is 24.6 Å². The fraction of sp³-hybridized carbons (Fsp3) is 0.444. The molecule has 4 rings (SSSR count). The third-order valence-corrected chi connectivity index (χ3v) is 4.93. The number of aromatic nitrogens is 2. The number of rotatable bonds is 3. The van der Waals surface area contributed by atoms with E-state index in [0.717, 1.165) is 29.2 Å². The molecule has 0 unspecified atom stereocenters. The molecule has 2 aliphatic heterocycles. The summed E-state index contributed by atoms with van der Waals surface area (Å²) in [5.41, 5.74) is 3.72. The van der Waals surface area contributed by atoms with Crippen LogP contribution in [0.5, 0.6) is 0 Å². The van der Waals surface area contributed by atoms with Crippen LogP contribution in [0.15, 0.2) is 24.3 Å². The lowest BCUT2D eigenvalue weighted by Gasteiger charge is -2.19. The number of cyclic esters (lactones) is 1. The van der Waals surface area contributed by atoms with E-state index in [4.69, 9.17) is 4.74 Å². The van der Waals surface area contributed by atoms with Gasteiger partial charge in [-0.25, -0.2) is 9.07 Å². The van der Waals surface area contributed by atoms with Crippen LogP contribution in [0.2, 0.25) is 0 Å². The van der Waals surface area contributed by atoms with Gasteiger partial charge in [-0.1, -0.05) is 0 Å². The summed E-state index contributed by atoms with van der Waals surface area (Å²) < 4.78 is 20.8. The van der Waals surface area contributed by atoms with Gasteiger partial charge in [-0.3, -0.25) is 9.69 Å². The quantitative estimate of drug-likeness (QED) is 0.785. The Bertz CT molecular complexity index is 808. The molecule has 2 atom stereocenters. The van der Waals surface area contributed by atoms with E-state index in [1.165, 1.54) is 6.07 Å². The van der Waals surface area contributed by atoms with Crippen LogP contribution in [-0.2, 0) is 16.1 Å². The third kappa shape index (κ3) is 3.28. The summed E-state index contributed by atoms with van der Waals surface area (Å²) in [5.74, 6) is -0.117. The highest BCUT2D eigenvalue weighted by Crippen LogP contribution is 2.32. The minimum absolute atomic E-state index is 0. The fourth-order valence-corrected chi connectivity index (χ4v) is 3.82. The largest absolute Gasteiger partial charge is 0.465 e. The maximum absolute atomic E-state index is 13.8. The van der Waals surface area contributed by atoms with Crippen molar-refractivity contribution in [3.8, 4) is 5.69 Å². The Labute approximate surface area is 152 Å². The number of benzene rings is 1. The summed E-state index contributed by atoms with van der Waals surface area (Å²) in [6.07, 6.45) is 0. The molecule has 5 nitrogen and oxygen atoms in total. The van der Waals surface area contributed by atoms with Gasteiger partial charge in [0.15, 0.2) is 0 Å². The maximum atomic E-state index is 13.8. The summed E-state index contributed by atoms with van der Waals surface area (Å²) in [5, 5.41) is 4.52. The molecule has 25 heavy (non-hydrogen) atoms. The number of nitrogens with zero attached hydrogens (tertiary/aromatic N) is 3. The van der Waals surface area contributed by atoms with Gasteiger partial charge in [0.05, 0.1) is 23.9 Å². The summed E-state index contributed by atoms with van der Waals surface area (Å²) in [6.45, 7) is 6.53. The van der Waals surface area contributed by atoms with Gasteiger partial charge < -0.3 is 4.74 Å². The van der Waals surface area contributed by atoms with E-state index in [0.29, 0.717) is 19.7 Å². The highest BCUT2D eigenvalue weighted by Gasteiger charge is 2.43. The lowest BCUT2D eigenvalue weighted by molar-refractivity contribution is -0.141. The van der Waals surface area contributed by atoms with E-state index in [1.54, 1.807) is 12.1 Å². The summed E-state index contributed by atoms with van der Waals surface area (Å²) in [7, 11) is 0. The van der Waals surface area contributed by atoms with Crippen molar-refractivity contribution in [1.82, 2.24) is 14.7 Å². The van der Waals surface area contributed by atoms with Crippen molar-refractivity contribution in [2.75, 3.05) is 19.7 Å². The maximum Gasteiger partial charge on any atom is 0.310 e. The SMILES string of the molecule is Cc1cc(C)n(-c2ccc(F)cc2CN2C[C@@H]3COC(=O)[C@@H]3C2)n1.Cl. The van der Waals surface area contributed by atoms with E-state index < -0.39 is 0 Å². The number of esters is 1. The van der Waals surface area contributed by atoms with E-state index >= 15 is 0 Å². The van der Waals surface area contributed by atoms with Crippen molar-refractivity contribution in [1.29, 1.82) is 0 Å². The van der Waals surface area contributed by atoms with E-state index in [9.17, 15) is 9.18 Å². The molecule has 0 aliphatic carbocycles. The second-order valence-electron chi connectivity index (χ2n) is 6.80. The fourth-order valence-electron chi connectivity index (χ4n) is 3.82. The second kappa shape index (κ2) is 6.77. The first kappa shape index (κ1) is 17.9. The molecule has 0 amide bonds. The molecule has 3 heterocycles. The van der Waals surface area contributed by atoms with Gasteiger partial charge in [-0.15, -0.1) is 12.4 Å². The van der Waals surface area contributed by atoms with Gasteiger partial charge in [0, 0.05) is 31.2 Å². The highest BCUT2D eigenvalue weighted by atomic mass is 35.5. The average Bonchev–Trinajstić information content (AvgIpc) is 3.17. The Hall–Kier alpha value is -1.92. The number of carbonyl (C=O) groups excluding carboxylic acids is 1. The molecule has 2 aromatic rings. The lowest BCUT2D eigenvalue weighted by Crippen LogP contribution is -2.24. The number of likely N-dealkylation sites (tertiary alicyclic amines) is 1. The molecule has 2 aliphatic rings. The van der Waals surface area contributed by atoms with Crippen LogP contribution in [0, 0.1) is 31.5 Å². The van der Waals surface area contributed by atoms with Gasteiger partial charge >= 0.3 is 5.97 Å². The Morgan fingerprint density at radius 1 is 1.28 bits per heavy atom. The zero-order valence-electron chi connectivity index (χ0n) is 14.2. The topological polar surface area (TPSA) is 47.4 Å². The molecule has 0 N–H and O–H groups in total. The first-order valence-corrected chi connectivity index (χ1v) is 8.22. The van der Waals surface area contributed by atoms with Crippen LogP contribution in [0.1, 0.15) is 17.0 Å². The molecular formula is C18H21ClFN3O2. The molecule has 1 aromatic heterocycles. The average molecular weight is 366 g/mol. The normalized spacial score (nSPS) is 22.6. The molecular weight excluding hydrogens is 345 g/mol. The van der Waals surface area contributed by atoms with Crippen LogP contribution in [0.4, 0.5) is 4.39 Å². The first-order chi connectivity index (χ1) is 11.5. The zero-order valence-corrected chi connectivity index (χ0v) is 15.1. The molecule has 2 fully saturated rings. The van der Waals surface area contributed by atoms with E-state index in [2.05, 4.69) is 10.00 Å². The first-order valence-electron chi connectivity index (χ1n) is 8.22. The number of fused-ring (bicyclic) bond motifs is 1. The summed E-state index contributed by atoms with van der Waals surface area (Å²) in [6, 6.07) is 6.81. The Balaban J connectivity index is 0.00000182. The number of aryl methyl sites for hydroxylation is 2. The predicted octanol–water partition coefficient (Wildman–Crippen LogP) is 2.65. The van der Waals surface area contributed by atoms with E-state index in [-0.39, 0.29) is 36.0 Å². The molecule has 1 aromatic carbocycles.